The summed E-state index contributed by atoms with van der Waals surface area (Å²) in [5, 5.41) is 0.392. The monoisotopic (exact) mass is 380 g/mol. The summed E-state index contributed by atoms with van der Waals surface area (Å²) in [6.45, 7) is 0.550. The van der Waals surface area contributed by atoms with Crippen molar-refractivity contribution in [3.63, 3.8) is 0 Å². The van der Waals surface area contributed by atoms with Gasteiger partial charge in [-0.15, -0.1) is 0 Å². The molecule has 1 N–H and O–H groups in total. The van der Waals surface area contributed by atoms with Crippen molar-refractivity contribution < 1.29 is 17.9 Å². The highest BCUT2D eigenvalue weighted by Gasteiger charge is 2.29. The second-order valence-electron chi connectivity index (χ2n) is 5.63. The number of carbonyl (C=O) groups excluding carboxylic acids is 1. The third kappa shape index (κ3) is 3.78. The lowest BCUT2D eigenvalue weighted by Gasteiger charge is -2.27. The van der Waals surface area contributed by atoms with Gasteiger partial charge in [0.25, 0.3) is 5.91 Å². The average molecular weight is 381 g/mol. The molecule has 0 aliphatic carbocycles. The van der Waals surface area contributed by atoms with Crippen LogP contribution in [0.2, 0.25) is 5.02 Å². The minimum absolute atomic E-state index is 0.105. The maximum Gasteiger partial charge on any atom is 0.304 e. The first-order chi connectivity index (χ1) is 11.9. The number of ether oxygens (including phenoxy) is 1. The zero-order chi connectivity index (χ0) is 18.0. The Labute approximate surface area is 151 Å². The van der Waals surface area contributed by atoms with Crippen LogP contribution in [0.1, 0.15) is 21.5 Å². The van der Waals surface area contributed by atoms with Gasteiger partial charge in [-0.25, -0.2) is 4.72 Å². The number of nitrogens with zero attached hydrogens (tertiary/aromatic N) is 1. The van der Waals surface area contributed by atoms with Crippen LogP contribution in [0.5, 0.6) is 5.75 Å². The Hall–Kier alpha value is -2.09. The van der Waals surface area contributed by atoms with Gasteiger partial charge in [0, 0.05) is 18.1 Å². The lowest BCUT2D eigenvalue weighted by Crippen LogP contribution is -2.45. The molecule has 2 aromatic carbocycles. The normalized spacial score (nSPS) is 14.6. The van der Waals surface area contributed by atoms with E-state index in [0.717, 1.165) is 11.1 Å². The van der Waals surface area contributed by atoms with Crippen molar-refractivity contribution in [2.75, 3.05) is 13.7 Å². The van der Waals surface area contributed by atoms with Crippen LogP contribution >= 0.6 is 11.6 Å². The van der Waals surface area contributed by atoms with Crippen LogP contribution in [0.25, 0.3) is 0 Å². The van der Waals surface area contributed by atoms with Crippen LogP contribution in [0.15, 0.2) is 42.5 Å². The summed E-state index contributed by atoms with van der Waals surface area (Å²) >= 11 is 5.86. The summed E-state index contributed by atoms with van der Waals surface area (Å²) in [7, 11) is -2.58. The van der Waals surface area contributed by atoms with Crippen LogP contribution in [0.3, 0.4) is 0 Å². The second kappa shape index (κ2) is 7.03. The van der Waals surface area contributed by atoms with Crippen LogP contribution < -0.4 is 9.46 Å². The molecule has 1 aliphatic heterocycles. The van der Waals surface area contributed by atoms with E-state index in [1.807, 2.05) is 24.3 Å². The van der Waals surface area contributed by atoms with E-state index in [1.165, 1.54) is 29.6 Å². The van der Waals surface area contributed by atoms with Gasteiger partial charge in [0.15, 0.2) is 0 Å². The molecule has 0 saturated heterocycles. The Balaban J connectivity index is 1.79. The first kappa shape index (κ1) is 17.7. The fourth-order valence-electron chi connectivity index (χ4n) is 2.76. The van der Waals surface area contributed by atoms with E-state index < -0.39 is 16.1 Å². The Morgan fingerprint density at radius 2 is 1.92 bits per heavy atom. The molecule has 8 heteroatoms. The lowest BCUT2D eigenvalue weighted by atomic mass is 10.0. The Bertz CT molecular complexity index is 915. The van der Waals surface area contributed by atoms with Gasteiger partial charge in [0.2, 0.25) is 0 Å². The molecule has 25 heavy (non-hydrogen) atoms. The number of nitrogens with one attached hydrogen (secondary N) is 1. The molecule has 1 heterocycles. The van der Waals surface area contributed by atoms with Crippen molar-refractivity contribution in [1.29, 1.82) is 0 Å². The summed E-state index contributed by atoms with van der Waals surface area (Å²) < 4.78 is 33.6. The molecule has 0 atom stereocenters. The number of hydrogen-bond acceptors (Lipinski definition) is 4. The number of halogens is 1. The van der Waals surface area contributed by atoms with E-state index in [2.05, 4.69) is 4.72 Å². The maximum absolute atomic E-state index is 12.6. The molecule has 1 amide bonds. The second-order valence-corrected chi connectivity index (χ2v) is 7.74. The predicted molar refractivity (Wildman–Crippen MR) is 94.9 cm³/mol. The first-order valence-corrected chi connectivity index (χ1v) is 9.45. The number of carbonyl (C=O) groups is 1. The zero-order valence-electron chi connectivity index (χ0n) is 13.5. The number of fused-ring (bicyclic) bond motifs is 1. The van der Waals surface area contributed by atoms with Gasteiger partial charge in [-0.3, -0.25) is 4.79 Å². The molecular weight excluding hydrogens is 364 g/mol. The summed E-state index contributed by atoms with van der Waals surface area (Å²) in [6.07, 6.45) is 0.607. The molecular formula is C17H17ClN2O4S. The van der Waals surface area contributed by atoms with E-state index in [0.29, 0.717) is 18.0 Å². The van der Waals surface area contributed by atoms with Gasteiger partial charge in [-0.1, -0.05) is 35.9 Å². The van der Waals surface area contributed by atoms with Gasteiger partial charge in [-0.2, -0.15) is 12.7 Å². The van der Waals surface area contributed by atoms with Crippen molar-refractivity contribution in [2.24, 2.45) is 0 Å². The molecule has 6 nitrogen and oxygen atoms in total. The summed E-state index contributed by atoms with van der Waals surface area (Å²) in [5.74, 6) is -0.545. The van der Waals surface area contributed by atoms with Gasteiger partial charge >= 0.3 is 10.2 Å². The van der Waals surface area contributed by atoms with Crippen LogP contribution in [0, 0.1) is 0 Å². The Morgan fingerprint density at radius 1 is 1.20 bits per heavy atom. The highest BCUT2D eigenvalue weighted by Crippen LogP contribution is 2.24. The minimum atomic E-state index is -3.96. The average Bonchev–Trinajstić information content (AvgIpc) is 2.60. The van der Waals surface area contributed by atoms with E-state index in [9.17, 15) is 13.2 Å². The molecule has 132 valence electrons. The molecule has 0 radical (unpaired) electrons. The smallest absolute Gasteiger partial charge is 0.304 e. The standard InChI is InChI=1S/C17H17ClN2O4S/c1-24-16-10-14(18)6-7-15(16)17(21)19-25(22,23)20-9-8-12-4-2-3-5-13(12)11-20/h2-7,10H,8-9,11H2,1H3,(H,19,21). The number of benzene rings is 2. The van der Waals surface area contributed by atoms with Crippen molar-refractivity contribution in [2.45, 2.75) is 13.0 Å². The SMILES string of the molecule is COc1cc(Cl)ccc1C(=O)NS(=O)(=O)N1CCc2ccccc2C1. The molecule has 0 unspecified atom stereocenters. The van der Waals surface area contributed by atoms with Crippen molar-refractivity contribution in [1.82, 2.24) is 9.03 Å². The van der Waals surface area contributed by atoms with Crippen molar-refractivity contribution >= 4 is 27.7 Å². The number of hydrogen-bond donors (Lipinski definition) is 1. The maximum atomic E-state index is 12.6. The third-order valence-electron chi connectivity index (χ3n) is 4.07. The molecule has 0 saturated carbocycles. The molecule has 0 aromatic heterocycles. The van der Waals surface area contributed by atoms with Crippen LogP contribution in [-0.4, -0.2) is 32.3 Å². The Morgan fingerprint density at radius 3 is 2.64 bits per heavy atom. The number of amides is 1. The van der Waals surface area contributed by atoms with Gasteiger partial charge in [0.1, 0.15) is 5.75 Å². The summed E-state index contributed by atoms with van der Waals surface area (Å²) in [4.78, 5) is 12.4. The molecule has 2 aromatic rings. The molecule has 0 fully saturated rings. The molecule has 0 spiro atoms. The van der Waals surface area contributed by atoms with Crippen molar-refractivity contribution in [3.05, 3.63) is 64.2 Å². The lowest BCUT2D eigenvalue weighted by molar-refractivity contribution is 0.0976. The fourth-order valence-corrected chi connectivity index (χ4v) is 4.04. The van der Waals surface area contributed by atoms with E-state index >= 15 is 0 Å². The Kier molecular flexibility index (Phi) is 4.99. The van der Waals surface area contributed by atoms with Crippen molar-refractivity contribution in [3.8, 4) is 5.75 Å². The number of methoxy groups -OCH3 is 1. The van der Waals surface area contributed by atoms with Gasteiger partial charge < -0.3 is 4.74 Å². The van der Waals surface area contributed by atoms with Crippen LogP contribution in [0.4, 0.5) is 0 Å². The van der Waals surface area contributed by atoms with E-state index in [4.69, 9.17) is 16.3 Å². The van der Waals surface area contributed by atoms with Crippen LogP contribution in [-0.2, 0) is 23.2 Å². The van der Waals surface area contributed by atoms with E-state index in [1.54, 1.807) is 0 Å². The van der Waals surface area contributed by atoms with Gasteiger partial charge in [0.05, 0.1) is 12.7 Å². The fraction of sp³-hybridized carbons (Fsp3) is 0.235. The largest absolute Gasteiger partial charge is 0.496 e. The summed E-state index contributed by atoms with van der Waals surface area (Å²) in [6, 6.07) is 12.1. The highest BCUT2D eigenvalue weighted by molar-refractivity contribution is 7.87. The molecule has 1 aliphatic rings. The number of rotatable bonds is 4. The quantitative estimate of drug-likeness (QED) is 0.883. The summed E-state index contributed by atoms with van der Waals surface area (Å²) in [5.41, 5.74) is 2.17. The highest BCUT2D eigenvalue weighted by atomic mass is 35.5. The molecule has 3 rings (SSSR count). The van der Waals surface area contributed by atoms with E-state index in [-0.39, 0.29) is 17.9 Å². The van der Waals surface area contributed by atoms with Gasteiger partial charge in [-0.05, 0) is 35.7 Å². The molecule has 0 bridgehead atoms. The minimum Gasteiger partial charge on any atom is -0.496 e. The first-order valence-electron chi connectivity index (χ1n) is 7.63. The topological polar surface area (TPSA) is 75.7 Å². The zero-order valence-corrected chi connectivity index (χ0v) is 15.1. The predicted octanol–water partition coefficient (Wildman–Crippen LogP) is 2.38. The third-order valence-corrected chi connectivity index (χ3v) is 5.74.